The van der Waals surface area contributed by atoms with Crippen molar-refractivity contribution in [2.75, 3.05) is 13.7 Å². The van der Waals surface area contributed by atoms with Crippen molar-refractivity contribution in [2.45, 2.75) is 78.6 Å². The lowest BCUT2D eigenvalue weighted by molar-refractivity contribution is -0.137. The number of alkyl halides is 3. The Bertz CT molecular complexity index is 1200. The fourth-order valence-corrected chi connectivity index (χ4v) is 5.61. The molecule has 6 heteroatoms. The molecule has 0 bridgehead atoms. The number of methoxy groups -OCH3 is 1. The molecule has 2 unspecified atom stereocenters. The van der Waals surface area contributed by atoms with Crippen LogP contribution in [0, 0.1) is 12.3 Å². The molecule has 0 radical (unpaired) electrons. The van der Waals surface area contributed by atoms with Crippen LogP contribution >= 0.6 is 0 Å². The van der Waals surface area contributed by atoms with Crippen molar-refractivity contribution >= 4 is 5.57 Å². The van der Waals surface area contributed by atoms with Crippen molar-refractivity contribution in [1.29, 1.82) is 0 Å². The number of nitrogens with zero attached hydrogens (tertiary/aromatic N) is 1. The number of ether oxygens (including phenoxy) is 2. The zero-order valence-corrected chi connectivity index (χ0v) is 22.7. The first kappa shape index (κ1) is 27.2. The summed E-state index contributed by atoms with van der Waals surface area (Å²) in [6, 6.07) is 11.7. The summed E-state index contributed by atoms with van der Waals surface area (Å²) in [6.07, 6.45) is 0.919. The smallest absolute Gasteiger partial charge is 0.416 e. The Kier molecular flexibility index (Phi) is 7.68. The minimum Gasteiger partial charge on any atom is -0.496 e. The van der Waals surface area contributed by atoms with Gasteiger partial charge in [-0.05, 0) is 92.0 Å². The van der Waals surface area contributed by atoms with E-state index < -0.39 is 17.8 Å². The van der Waals surface area contributed by atoms with Crippen LogP contribution in [0.4, 0.5) is 13.2 Å². The highest BCUT2D eigenvalue weighted by molar-refractivity contribution is 5.75. The molecule has 1 aliphatic carbocycles. The second-order valence-corrected chi connectivity index (χ2v) is 11.1. The van der Waals surface area contributed by atoms with Crippen molar-refractivity contribution in [2.24, 2.45) is 5.41 Å². The molecule has 0 amide bonds. The maximum absolute atomic E-state index is 13.4. The average Bonchev–Trinajstić information content (AvgIpc) is 3.13. The van der Waals surface area contributed by atoms with Gasteiger partial charge in [0.25, 0.3) is 0 Å². The Labute approximate surface area is 219 Å². The molecule has 2 aliphatic rings. The Morgan fingerprint density at radius 2 is 1.92 bits per heavy atom. The predicted molar refractivity (Wildman–Crippen MR) is 142 cm³/mol. The summed E-state index contributed by atoms with van der Waals surface area (Å²) in [4.78, 5) is 2.23. The number of hydrogen-bond acceptors (Lipinski definition) is 3. The molecular formula is C31H38F3NO2. The highest BCUT2D eigenvalue weighted by Crippen LogP contribution is 2.47. The Balaban J connectivity index is 1.74. The molecule has 2 atom stereocenters. The van der Waals surface area contributed by atoms with Gasteiger partial charge >= 0.3 is 6.18 Å². The van der Waals surface area contributed by atoms with Crippen LogP contribution in [0.2, 0.25) is 0 Å². The second kappa shape index (κ2) is 10.5. The normalized spacial score (nSPS) is 22.9. The third-order valence-electron chi connectivity index (χ3n) is 7.59. The van der Waals surface area contributed by atoms with Gasteiger partial charge in [-0.3, -0.25) is 0 Å². The van der Waals surface area contributed by atoms with Gasteiger partial charge in [-0.2, -0.15) is 13.2 Å². The number of allylic oxidation sites excluding steroid dienone is 2. The second-order valence-electron chi connectivity index (χ2n) is 11.1. The lowest BCUT2D eigenvalue weighted by Crippen LogP contribution is -2.33. The molecular weight excluding hydrogens is 475 g/mol. The van der Waals surface area contributed by atoms with Crippen molar-refractivity contribution in [3.63, 3.8) is 0 Å². The van der Waals surface area contributed by atoms with Gasteiger partial charge in [-0.15, -0.1) is 0 Å². The number of rotatable bonds is 6. The quantitative estimate of drug-likeness (QED) is 0.386. The topological polar surface area (TPSA) is 21.7 Å². The first-order valence-electron chi connectivity index (χ1n) is 13.1. The zero-order chi connectivity index (χ0) is 27.0. The van der Waals surface area contributed by atoms with Crippen LogP contribution in [-0.2, 0) is 10.9 Å². The first-order chi connectivity index (χ1) is 17.4. The highest BCUT2D eigenvalue weighted by atomic mass is 19.4. The molecule has 0 saturated carbocycles. The van der Waals surface area contributed by atoms with Crippen molar-refractivity contribution in [3.8, 4) is 5.75 Å². The van der Waals surface area contributed by atoms with Crippen molar-refractivity contribution in [3.05, 3.63) is 82.3 Å². The molecule has 0 spiro atoms. The van der Waals surface area contributed by atoms with Gasteiger partial charge in [0.15, 0.2) is 5.88 Å². The van der Waals surface area contributed by atoms with E-state index in [1.807, 2.05) is 26.0 Å². The summed E-state index contributed by atoms with van der Waals surface area (Å²) in [7, 11) is 1.71. The van der Waals surface area contributed by atoms with E-state index in [-0.39, 0.29) is 11.5 Å². The fraction of sp³-hybridized carbons (Fsp3) is 0.484. The van der Waals surface area contributed by atoms with E-state index in [2.05, 4.69) is 37.8 Å². The Morgan fingerprint density at radius 3 is 2.59 bits per heavy atom. The van der Waals surface area contributed by atoms with E-state index in [4.69, 9.17) is 9.47 Å². The summed E-state index contributed by atoms with van der Waals surface area (Å²) in [5.41, 5.74) is 5.02. The van der Waals surface area contributed by atoms with E-state index in [1.165, 1.54) is 28.8 Å². The maximum Gasteiger partial charge on any atom is 0.416 e. The van der Waals surface area contributed by atoms with E-state index in [9.17, 15) is 13.2 Å². The maximum atomic E-state index is 13.4. The third-order valence-corrected chi connectivity index (χ3v) is 7.59. The van der Waals surface area contributed by atoms with Gasteiger partial charge in [0, 0.05) is 12.1 Å². The lowest BCUT2D eigenvalue weighted by Gasteiger charge is -2.36. The molecule has 37 heavy (non-hydrogen) atoms. The molecule has 4 rings (SSSR count). The molecule has 2 aromatic rings. The SMILES string of the molecule is CC/C=C1/OC(c2cccc(C(F)(F)F)c2)C(C)N1CC1=C(c2cc(C)ccc2OC)CCC(C)(C)C1. The number of halogens is 3. The summed E-state index contributed by atoms with van der Waals surface area (Å²) < 4.78 is 52.4. The standard InChI is InChI=1S/C31H38F3NO2/c1-7-9-28-35(21(3)29(37-28)22-10-8-11-24(17-22)31(32,33)34)19-23-18-30(4,5)15-14-25(23)26-16-20(2)12-13-27(26)36-6/h8-13,16-17,21,29H,7,14-15,18-19H2,1-6H3/b28-9+. The van der Waals surface area contributed by atoms with Gasteiger partial charge in [-0.1, -0.05) is 44.5 Å². The molecule has 1 fully saturated rings. The Hall–Kier alpha value is -2.89. The number of benzene rings is 2. The van der Waals surface area contributed by atoms with Crippen LogP contribution in [-0.4, -0.2) is 24.6 Å². The summed E-state index contributed by atoms with van der Waals surface area (Å²) in [6.45, 7) is 11.4. The van der Waals surface area contributed by atoms with Crippen LogP contribution in [0.1, 0.15) is 81.7 Å². The molecule has 0 N–H and O–H groups in total. The lowest BCUT2D eigenvalue weighted by atomic mass is 9.72. The molecule has 1 aliphatic heterocycles. The molecule has 3 nitrogen and oxygen atoms in total. The average molecular weight is 514 g/mol. The van der Waals surface area contributed by atoms with Gasteiger partial charge in [0.1, 0.15) is 11.9 Å². The predicted octanol–water partition coefficient (Wildman–Crippen LogP) is 8.70. The minimum atomic E-state index is -4.39. The largest absolute Gasteiger partial charge is 0.496 e. The highest BCUT2D eigenvalue weighted by Gasteiger charge is 2.40. The summed E-state index contributed by atoms with van der Waals surface area (Å²) >= 11 is 0. The number of aryl methyl sites for hydroxylation is 1. The monoisotopic (exact) mass is 513 g/mol. The van der Waals surface area contributed by atoms with E-state index in [1.54, 1.807) is 13.2 Å². The van der Waals surface area contributed by atoms with Crippen molar-refractivity contribution < 1.29 is 22.6 Å². The van der Waals surface area contributed by atoms with E-state index in [0.29, 0.717) is 12.1 Å². The fourth-order valence-electron chi connectivity index (χ4n) is 5.61. The van der Waals surface area contributed by atoms with Crippen LogP contribution in [0.5, 0.6) is 5.75 Å². The molecule has 2 aromatic carbocycles. The molecule has 0 aromatic heterocycles. The van der Waals surface area contributed by atoms with Crippen LogP contribution in [0.25, 0.3) is 5.57 Å². The van der Waals surface area contributed by atoms with Crippen LogP contribution < -0.4 is 4.74 Å². The van der Waals surface area contributed by atoms with Crippen molar-refractivity contribution in [1.82, 2.24) is 4.90 Å². The first-order valence-corrected chi connectivity index (χ1v) is 13.1. The summed E-state index contributed by atoms with van der Waals surface area (Å²) in [5, 5.41) is 0. The number of hydrogen-bond donors (Lipinski definition) is 0. The summed E-state index contributed by atoms with van der Waals surface area (Å²) in [5.74, 6) is 1.61. The zero-order valence-electron chi connectivity index (χ0n) is 22.7. The molecule has 1 saturated heterocycles. The molecule has 1 heterocycles. The minimum absolute atomic E-state index is 0.125. The van der Waals surface area contributed by atoms with Crippen LogP contribution in [0.3, 0.4) is 0 Å². The molecule has 200 valence electrons. The van der Waals surface area contributed by atoms with Gasteiger partial charge < -0.3 is 14.4 Å². The van der Waals surface area contributed by atoms with Gasteiger partial charge in [0.2, 0.25) is 0 Å². The van der Waals surface area contributed by atoms with Crippen LogP contribution in [0.15, 0.2) is 60.0 Å². The van der Waals surface area contributed by atoms with E-state index in [0.717, 1.165) is 48.9 Å². The third kappa shape index (κ3) is 5.83. The Morgan fingerprint density at radius 1 is 1.16 bits per heavy atom. The van der Waals surface area contributed by atoms with Gasteiger partial charge in [0.05, 0.1) is 18.7 Å². The van der Waals surface area contributed by atoms with Gasteiger partial charge in [-0.25, -0.2) is 0 Å². The van der Waals surface area contributed by atoms with E-state index >= 15 is 0 Å².